The Morgan fingerprint density at radius 1 is 0.897 bits per heavy atom. The second kappa shape index (κ2) is 8.61. The van der Waals surface area contributed by atoms with Gasteiger partial charge in [0.05, 0.1) is 5.69 Å². The van der Waals surface area contributed by atoms with E-state index in [9.17, 15) is 9.59 Å². The molecule has 0 saturated carbocycles. The lowest BCUT2D eigenvalue weighted by molar-refractivity contribution is -0.124. The first-order valence-corrected chi connectivity index (χ1v) is 9.64. The van der Waals surface area contributed by atoms with Crippen molar-refractivity contribution in [1.82, 2.24) is 0 Å². The normalized spacial score (nSPS) is 12.8. The van der Waals surface area contributed by atoms with Gasteiger partial charge in [-0.1, -0.05) is 60.7 Å². The summed E-state index contributed by atoms with van der Waals surface area (Å²) in [5.74, 6) is 0.278. The number of rotatable bonds is 6. The summed E-state index contributed by atoms with van der Waals surface area (Å²) in [7, 11) is 0. The van der Waals surface area contributed by atoms with Crippen molar-refractivity contribution in [3.63, 3.8) is 0 Å². The summed E-state index contributed by atoms with van der Waals surface area (Å²) in [6.45, 7) is 0.454. The van der Waals surface area contributed by atoms with E-state index in [0.717, 1.165) is 17.7 Å². The third kappa shape index (κ3) is 4.29. The van der Waals surface area contributed by atoms with Crippen molar-refractivity contribution in [3.8, 4) is 5.75 Å². The van der Waals surface area contributed by atoms with Crippen LogP contribution in [0, 0.1) is 0 Å². The van der Waals surface area contributed by atoms with Gasteiger partial charge in [0.2, 0.25) is 5.91 Å². The molecule has 0 fully saturated rings. The van der Waals surface area contributed by atoms with Crippen molar-refractivity contribution in [2.24, 2.45) is 0 Å². The molecule has 3 aromatic rings. The third-order valence-electron chi connectivity index (χ3n) is 4.94. The number of amides is 2. The molecule has 5 heteroatoms. The topological polar surface area (TPSA) is 49.9 Å². The molecular weight excluding hydrogens is 364 g/mol. The molecule has 0 N–H and O–H groups in total. The van der Waals surface area contributed by atoms with Crippen LogP contribution in [0.3, 0.4) is 0 Å². The monoisotopic (exact) mass is 386 g/mol. The molecule has 0 aromatic heterocycles. The Bertz CT molecular complexity index is 989. The van der Waals surface area contributed by atoms with Crippen LogP contribution in [-0.4, -0.2) is 31.5 Å². The number of carbonyl (C=O) groups is 2. The first kappa shape index (κ1) is 18.7. The molecule has 0 radical (unpaired) electrons. The zero-order valence-corrected chi connectivity index (χ0v) is 16.0. The maximum atomic E-state index is 13.3. The Balaban J connectivity index is 1.56. The van der Waals surface area contributed by atoms with Crippen molar-refractivity contribution in [2.45, 2.75) is 6.42 Å². The molecule has 0 atom stereocenters. The van der Waals surface area contributed by atoms with Crippen LogP contribution < -0.4 is 14.5 Å². The summed E-state index contributed by atoms with van der Waals surface area (Å²) in [5.41, 5.74) is 2.62. The number of anilines is 2. The number of fused-ring (bicyclic) bond motifs is 1. The molecule has 1 heterocycles. The molecule has 0 aliphatic carbocycles. The van der Waals surface area contributed by atoms with E-state index in [1.807, 2.05) is 66.7 Å². The van der Waals surface area contributed by atoms with Crippen LogP contribution in [0.5, 0.6) is 5.75 Å². The minimum absolute atomic E-state index is 0.0249. The SMILES string of the molecule is O=C(CN1C(=O)COc2ccccc21)N(CCc1ccccc1)c1ccccc1. The molecule has 146 valence electrons. The number of nitrogens with zero attached hydrogens (tertiary/aromatic N) is 2. The van der Waals surface area contributed by atoms with E-state index in [0.29, 0.717) is 18.0 Å². The molecule has 0 bridgehead atoms. The fraction of sp³-hybridized carbons (Fsp3) is 0.167. The first-order chi connectivity index (χ1) is 14.2. The van der Waals surface area contributed by atoms with E-state index in [2.05, 4.69) is 12.1 Å². The van der Waals surface area contributed by atoms with Gasteiger partial charge in [-0.2, -0.15) is 0 Å². The third-order valence-corrected chi connectivity index (χ3v) is 4.94. The van der Waals surface area contributed by atoms with Gasteiger partial charge in [-0.15, -0.1) is 0 Å². The van der Waals surface area contributed by atoms with E-state index in [-0.39, 0.29) is 25.0 Å². The Labute approximate surface area is 170 Å². The number of para-hydroxylation sites is 3. The van der Waals surface area contributed by atoms with E-state index < -0.39 is 0 Å². The summed E-state index contributed by atoms with van der Waals surface area (Å²) in [5, 5.41) is 0. The van der Waals surface area contributed by atoms with Crippen LogP contribution >= 0.6 is 0 Å². The zero-order chi connectivity index (χ0) is 20.1. The lowest BCUT2D eigenvalue weighted by atomic mass is 10.1. The highest BCUT2D eigenvalue weighted by atomic mass is 16.5. The van der Waals surface area contributed by atoms with Gasteiger partial charge >= 0.3 is 0 Å². The summed E-state index contributed by atoms with van der Waals surface area (Å²) in [6.07, 6.45) is 0.731. The molecule has 0 saturated heterocycles. The van der Waals surface area contributed by atoms with Gasteiger partial charge < -0.3 is 9.64 Å². The maximum Gasteiger partial charge on any atom is 0.265 e. The predicted octanol–water partition coefficient (Wildman–Crippen LogP) is 3.69. The van der Waals surface area contributed by atoms with E-state index >= 15 is 0 Å². The minimum Gasteiger partial charge on any atom is -0.482 e. The Hall–Kier alpha value is -3.60. The minimum atomic E-state index is -0.215. The number of ether oxygens (including phenoxy) is 1. The van der Waals surface area contributed by atoms with Crippen molar-refractivity contribution in [3.05, 3.63) is 90.5 Å². The molecule has 0 spiro atoms. The van der Waals surface area contributed by atoms with Crippen molar-refractivity contribution >= 4 is 23.2 Å². The highest BCUT2D eigenvalue weighted by molar-refractivity contribution is 6.05. The van der Waals surface area contributed by atoms with Crippen LogP contribution in [0.2, 0.25) is 0 Å². The van der Waals surface area contributed by atoms with Crippen LogP contribution in [0.25, 0.3) is 0 Å². The largest absolute Gasteiger partial charge is 0.482 e. The lowest BCUT2D eigenvalue weighted by Crippen LogP contribution is -2.47. The quantitative estimate of drug-likeness (QED) is 0.649. The second-order valence-electron chi connectivity index (χ2n) is 6.85. The van der Waals surface area contributed by atoms with Gasteiger partial charge in [-0.05, 0) is 36.2 Å². The summed E-state index contributed by atoms with van der Waals surface area (Å²) in [4.78, 5) is 29.0. The van der Waals surface area contributed by atoms with E-state index in [1.54, 1.807) is 11.0 Å². The van der Waals surface area contributed by atoms with Crippen LogP contribution in [-0.2, 0) is 16.0 Å². The summed E-state index contributed by atoms with van der Waals surface area (Å²) >= 11 is 0. The predicted molar refractivity (Wildman–Crippen MR) is 113 cm³/mol. The number of hydrogen-bond donors (Lipinski definition) is 0. The first-order valence-electron chi connectivity index (χ1n) is 9.64. The number of benzene rings is 3. The van der Waals surface area contributed by atoms with Gasteiger partial charge in [-0.3, -0.25) is 14.5 Å². The van der Waals surface area contributed by atoms with Gasteiger partial charge in [0.15, 0.2) is 6.61 Å². The Morgan fingerprint density at radius 2 is 1.55 bits per heavy atom. The lowest BCUT2D eigenvalue weighted by Gasteiger charge is -2.31. The fourth-order valence-corrected chi connectivity index (χ4v) is 3.44. The average Bonchev–Trinajstić information content (AvgIpc) is 2.77. The highest BCUT2D eigenvalue weighted by Crippen LogP contribution is 2.31. The Kier molecular flexibility index (Phi) is 5.56. The zero-order valence-electron chi connectivity index (χ0n) is 16.0. The van der Waals surface area contributed by atoms with Crippen LogP contribution in [0.15, 0.2) is 84.9 Å². The number of hydrogen-bond acceptors (Lipinski definition) is 3. The average molecular weight is 386 g/mol. The molecule has 1 aliphatic rings. The van der Waals surface area contributed by atoms with E-state index in [1.165, 1.54) is 4.90 Å². The number of carbonyl (C=O) groups excluding carboxylic acids is 2. The maximum absolute atomic E-state index is 13.3. The van der Waals surface area contributed by atoms with Gasteiger partial charge in [0, 0.05) is 12.2 Å². The highest BCUT2D eigenvalue weighted by Gasteiger charge is 2.29. The Morgan fingerprint density at radius 3 is 2.31 bits per heavy atom. The van der Waals surface area contributed by atoms with Gasteiger partial charge in [0.1, 0.15) is 12.3 Å². The van der Waals surface area contributed by atoms with Crippen LogP contribution in [0.4, 0.5) is 11.4 Å². The summed E-state index contributed by atoms with van der Waals surface area (Å²) in [6, 6.07) is 26.9. The molecule has 29 heavy (non-hydrogen) atoms. The smallest absolute Gasteiger partial charge is 0.265 e. The van der Waals surface area contributed by atoms with Crippen molar-refractivity contribution in [1.29, 1.82) is 0 Å². The molecule has 2 amide bonds. The molecular formula is C24H22N2O3. The fourth-order valence-electron chi connectivity index (χ4n) is 3.44. The van der Waals surface area contributed by atoms with Crippen LogP contribution in [0.1, 0.15) is 5.56 Å². The standard InChI is InChI=1S/C24H22N2O3/c27-23(17-26-21-13-7-8-14-22(21)29-18-24(26)28)25(20-11-5-2-6-12-20)16-15-19-9-3-1-4-10-19/h1-14H,15-18H2. The molecule has 0 unspecified atom stereocenters. The van der Waals surface area contributed by atoms with Gasteiger partial charge in [-0.25, -0.2) is 0 Å². The molecule has 5 nitrogen and oxygen atoms in total. The van der Waals surface area contributed by atoms with Crippen molar-refractivity contribution < 1.29 is 14.3 Å². The van der Waals surface area contributed by atoms with Gasteiger partial charge in [0.25, 0.3) is 5.91 Å². The molecule has 1 aliphatic heterocycles. The second-order valence-corrected chi connectivity index (χ2v) is 6.85. The molecule has 4 rings (SSSR count). The summed E-state index contributed by atoms with van der Waals surface area (Å²) < 4.78 is 5.48. The molecule has 3 aromatic carbocycles. The van der Waals surface area contributed by atoms with E-state index in [4.69, 9.17) is 4.74 Å². The van der Waals surface area contributed by atoms with Crippen molar-refractivity contribution in [2.75, 3.05) is 29.5 Å².